The van der Waals surface area contributed by atoms with E-state index in [1.54, 1.807) is 0 Å². The van der Waals surface area contributed by atoms with E-state index < -0.39 is 15.3 Å². The van der Waals surface area contributed by atoms with Crippen LogP contribution in [0.2, 0.25) is 0 Å². The fourth-order valence-corrected chi connectivity index (χ4v) is 1.82. The van der Waals surface area contributed by atoms with E-state index in [1.807, 2.05) is 0 Å². The average molecular weight is 150 g/mol. The first-order chi connectivity index (χ1) is 4.11. The molecule has 0 radical (unpaired) electrons. The van der Waals surface area contributed by atoms with Crippen molar-refractivity contribution in [2.24, 2.45) is 0 Å². The minimum Gasteiger partial charge on any atom is -0.362 e. The van der Waals surface area contributed by atoms with Gasteiger partial charge in [-0.15, -0.1) is 0 Å². The maximum atomic E-state index is 10.7. The summed E-state index contributed by atoms with van der Waals surface area (Å²) in [5, 5.41) is 0. The Kier molecular flexibility index (Phi) is 1.77. The van der Waals surface area contributed by atoms with Crippen molar-refractivity contribution in [2.75, 3.05) is 12.9 Å². The molecule has 4 heteroatoms. The lowest BCUT2D eigenvalue weighted by Gasteiger charge is -2.03. The Balaban J connectivity index is 2.63. The summed E-state index contributed by atoms with van der Waals surface area (Å²) >= 11 is 0. The molecule has 9 heavy (non-hydrogen) atoms. The van der Waals surface area contributed by atoms with Crippen molar-refractivity contribution in [1.82, 2.24) is 0 Å². The summed E-state index contributed by atoms with van der Waals surface area (Å²) in [5.74, 6) is 0. The Hall–Kier alpha value is -0.0900. The molecular weight excluding hydrogens is 140 g/mol. The molecule has 0 aromatic rings. The van der Waals surface area contributed by atoms with Gasteiger partial charge in [-0.25, -0.2) is 8.42 Å². The lowest BCUT2D eigenvalue weighted by Crippen LogP contribution is -2.17. The first-order valence-electron chi connectivity index (χ1n) is 2.91. The quantitative estimate of drug-likeness (QED) is 0.535. The summed E-state index contributed by atoms with van der Waals surface area (Å²) in [7, 11) is -2.92. The fraction of sp³-hybridized carbons (Fsp3) is 1.00. The van der Waals surface area contributed by atoms with Gasteiger partial charge in [0.05, 0.1) is 0 Å². The van der Waals surface area contributed by atoms with Gasteiger partial charge in [-0.2, -0.15) is 0 Å². The highest BCUT2D eigenvalue weighted by molar-refractivity contribution is 7.91. The molecule has 0 aliphatic carbocycles. The maximum Gasteiger partial charge on any atom is 0.174 e. The minimum absolute atomic E-state index is 0.516. The zero-order valence-electron chi connectivity index (χ0n) is 5.33. The second-order valence-corrected chi connectivity index (χ2v) is 4.46. The van der Waals surface area contributed by atoms with Crippen molar-refractivity contribution in [1.29, 1.82) is 0 Å². The molecule has 54 valence electrons. The van der Waals surface area contributed by atoms with Gasteiger partial charge in [-0.05, 0) is 12.8 Å². The molecule has 3 nitrogen and oxygen atoms in total. The predicted molar refractivity (Wildman–Crippen MR) is 33.8 cm³/mol. The number of ether oxygens (including phenoxy) is 1. The predicted octanol–water partition coefficient (Wildman–Crippen LogP) is 0.167. The van der Waals surface area contributed by atoms with Crippen LogP contribution in [0, 0.1) is 0 Å². The van der Waals surface area contributed by atoms with E-state index >= 15 is 0 Å². The van der Waals surface area contributed by atoms with Gasteiger partial charge in [0.15, 0.2) is 15.3 Å². The third kappa shape index (κ3) is 1.66. The van der Waals surface area contributed by atoms with Crippen molar-refractivity contribution in [3.8, 4) is 0 Å². The van der Waals surface area contributed by atoms with Gasteiger partial charge in [0, 0.05) is 12.9 Å². The molecule has 1 fully saturated rings. The van der Waals surface area contributed by atoms with Crippen LogP contribution >= 0.6 is 0 Å². The molecule has 1 heterocycles. The molecule has 1 aliphatic heterocycles. The van der Waals surface area contributed by atoms with E-state index in [9.17, 15) is 8.42 Å². The molecule has 1 atom stereocenters. The highest BCUT2D eigenvalue weighted by Gasteiger charge is 2.24. The summed E-state index contributed by atoms with van der Waals surface area (Å²) in [6.07, 6.45) is 2.75. The second kappa shape index (κ2) is 2.27. The topological polar surface area (TPSA) is 43.4 Å². The Morgan fingerprint density at radius 3 is 2.44 bits per heavy atom. The molecule has 1 saturated heterocycles. The summed E-state index contributed by atoms with van der Waals surface area (Å²) in [5.41, 5.74) is -0.516. The van der Waals surface area contributed by atoms with E-state index in [2.05, 4.69) is 0 Å². The Bertz CT molecular complexity index is 176. The van der Waals surface area contributed by atoms with Crippen LogP contribution in [0.3, 0.4) is 0 Å². The summed E-state index contributed by atoms with van der Waals surface area (Å²) in [6.45, 7) is 0.595. The maximum absolute atomic E-state index is 10.7. The van der Waals surface area contributed by atoms with Gasteiger partial charge in [-0.3, -0.25) is 0 Å². The molecule has 0 bridgehead atoms. The Morgan fingerprint density at radius 1 is 1.56 bits per heavy atom. The van der Waals surface area contributed by atoms with E-state index in [1.165, 1.54) is 6.26 Å². The molecule has 0 N–H and O–H groups in total. The summed E-state index contributed by atoms with van der Waals surface area (Å²) in [6, 6.07) is 0. The molecule has 1 aliphatic rings. The Labute approximate surface area is 54.9 Å². The molecule has 0 saturated carbocycles. The van der Waals surface area contributed by atoms with Gasteiger partial charge < -0.3 is 4.74 Å². The Morgan fingerprint density at radius 2 is 2.22 bits per heavy atom. The van der Waals surface area contributed by atoms with Crippen LogP contribution in [0.1, 0.15) is 12.8 Å². The SMILES string of the molecule is CS(=O)(=O)C1CCCO1. The molecule has 0 aromatic heterocycles. The van der Waals surface area contributed by atoms with Crippen LogP contribution < -0.4 is 0 Å². The minimum atomic E-state index is -2.92. The van der Waals surface area contributed by atoms with Gasteiger partial charge in [0.25, 0.3) is 0 Å². The van der Waals surface area contributed by atoms with Crippen molar-refractivity contribution >= 4 is 9.84 Å². The van der Waals surface area contributed by atoms with Crippen LogP contribution in [0.15, 0.2) is 0 Å². The standard InChI is InChI=1S/C5H10O3S/c1-9(6,7)5-3-2-4-8-5/h5H,2-4H2,1H3. The number of hydrogen-bond acceptors (Lipinski definition) is 3. The molecule has 0 aromatic carbocycles. The third-order valence-corrected chi connectivity index (χ3v) is 2.69. The van der Waals surface area contributed by atoms with Gasteiger partial charge in [0.2, 0.25) is 0 Å². The molecule has 1 rings (SSSR count). The fourth-order valence-electron chi connectivity index (χ4n) is 0.886. The van der Waals surface area contributed by atoms with Crippen LogP contribution in [-0.2, 0) is 14.6 Å². The largest absolute Gasteiger partial charge is 0.362 e. The number of rotatable bonds is 1. The highest BCUT2D eigenvalue weighted by Crippen LogP contribution is 2.16. The molecule has 0 amide bonds. The van der Waals surface area contributed by atoms with E-state index in [4.69, 9.17) is 4.74 Å². The third-order valence-electron chi connectivity index (χ3n) is 1.37. The highest BCUT2D eigenvalue weighted by atomic mass is 32.2. The summed E-state index contributed by atoms with van der Waals surface area (Å²) in [4.78, 5) is 0. The second-order valence-electron chi connectivity index (χ2n) is 2.27. The van der Waals surface area contributed by atoms with Crippen LogP contribution in [0.25, 0.3) is 0 Å². The van der Waals surface area contributed by atoms with E-state index in [0.717, 1.165) is 6.42 Å². The van der Waals surface area contributed by atoms with Crippen molar-refractivity contribution in [3.05, 3.63) is 0 Å². The lowest BCUT2D eigenvalue weighted by molar-refractivity contribution is 0.166. The number of sulfone groups is 1. The van der Waals surface area contributed by atoms with Gasteiger partial charge in [-0.1, -0.05) is 0 Å². The average Bonchev–Trinajstić information content (AvgIpc) is 2.08. The van der Waals surface area contributed by atoms with Crippen molar-refractivity contribution in [2.45, 2.75) is 18.3 Å². The molecular formula is C5H10O3S. The van der Waals surface area contributed by atoms with Gasteiger partial charge in [0.1, 0.15) is 0 Å². The smallest absolute Gasteiger partial charge is 0.174 e. The molecule has 1 unspecified atom stereocenters. The molecule has 0 spiro atoms. The van der Waals surface area contributed by atoms with Crippen LogP contribution in [0.5, 0.6) is 0 Å². The zero-order chi connectivity index (χ0) is 6.91. The monoisotopic (exact) mass is 150 g/mol. The number of hydrogen-bond donors (Lipinski definition) is 0. The van der Waals surface area contributed by atoms with E-state index in [0.29, 0.717) is 13.0 Å². The first kappa shape index (κ1) is 7.02. The lowest BCUT2D eigenvalue weighted by atomic mass is 10.4. The normalized spacial score (nSPS) is 28.8. The van der Waals surface area contributed by atoms with Crippen LogP contribution in [0.4, 0.5) is 0 Å². The van der Waals surface area contributed by atoms with Crippen LogP contribution in [-0.4, -0.2) is 26.7 Å². The van der Waals surface area contributed by atoms with Crippen molar-refractivity contribution in [3.63, 3.8) is 0 Å². The van der Waals surface area contributed by atoms with Crippen molar-refractivity contribution < 1.29 is 13.2 Å². The van der Waals surface area contributed by atoms with E-state index in [-0.39, 0.29) is 0 Å². The first-order valence-corrected chi connectivity index (χ1v) is 4.86. The zero-order valence-corrected chi connectivity index (χ0v) is 6.15. The van der Waals surface area contributed by atoms with Gasteiger partial charge >= 0.3 is 0 Å². The summed E-state index contributed by atoms with van der Waals surface area (Å²) < 4.78 is 26.3.